The molecule has 14 heavy (non-hydrogen) atoms. The van der Waals surface area contributed by atoms with E-state index in [0.29, 0.717) is 0 Å². The normalized spacial score (nSPS) is 10.9. The highest BCUT2D eigenvalue weighted by molar-refractivity contribution is 5.81. The number of benzene rings is 1. The van der Waals surface area contributed by atoms with Gasteiger partial charge in [-0.05, 0) is 25.2 Å². The molecule has 0 atom stereocenters. The van der Waals surface area contributed by atoms with Gasteiger partial charge in [-0.1, -0.05) is 5.16 Å². The van der Waals surface area contributed by atoms with Crippen molar-refractivity contribution >= 4 is 10.9 Å². The molecule has 4 heteroatoms. The molecule has 74 valence electrons. The van der Waals surface area contributed by atoms with Crippen molar-refractivity contribution in [2.45, 2.75) is 6.42 Å². The van der Waals surface area contributed by atoms with Crippen molar-refractivity contribution in [2.24, 2.45) is 0 Å². The molecule has 0 bridgehead atoms. The van der Waals surface area contributed by atoms with Crippen molar-refractivity contribution in [1.29, 1.82) is 0 Å². The Labute approximate surface area is 81.5 Å². The number of aromatic nitrogens is 1. The van der Waals surface area contributed by atoms with E-state index in [1.165, 1.54) is 0 Å². The number of aromatic hydroxyl groups is 1. The number of phenols is 1. The Bertz CT molecular complexity index is 437. The highest BCUT2D eigenvalue weighted by atomic mass is 16.5. The smallest absolute Gasteiger partial charge is 0.145 e. The van der Waals surface area contributed by atoms with Crippen LogP contribution in [0.5, 0.6) is 5.75 Å². The molecular weight excluding hydrogens is 180 g/mol. The van der Waals surface area contributed by atoms with Gasteiger partial charge in [0.1, 0.15) is 17.0 Å². The molecule has 2 N–H and O–H groups in total. The lowest BCUT2D eigenvalue weighted by Gasteiger charge is -1.95. The zero-order chi connectivity index (χ0) is 9.97. The van der Waals surface area contributed by atoms with E-state index in [4.69, 9.17) is 4.52 Å². The van der Waals surface area contributed by atoms with E-state index in [-0.39, 0.29) is 5.75 Å². The van der Waals surface area contributed by atoms with Crippen LogP contribution in [-0.2, 0) is 6.42 Å². The maximum atomic E-state index is 9.31. The van der Waals surface area contributed by atoms with Crippen LogP contribution in [0.1, 0.15) is 5.76 Å². The van der Waals surface area contributed by atoms with Gasteiger partial charge in [0.2, 0.25) is 0 Å². The average molecular weight is 192 g/mol. The molecule has 0 amide bonds. The highest BCUT2D eigenvalue weighted by Crippen LogP contribution is 2.22. The number of nitrogens with zero attached hydrogens (tertiary/aromatic N) is 1. The van der Waals surface area contributed by atoms with E-state index in [2.05, 4.69) is 10.5 Å². The van der Waals surface area contributed by atoms with E-state index in [0.717, 1.165) is 29.6 Å². The predicted octanol–water partition coefficient (Wildman–Crippen LogP) is 1.30. The molecule has 1 aromatic carbocycles. The summed E-state index contributed by atoms with van der Waals surface area (Å²) in [5, 5.41) is 17.1. The van der Waals surface area contributed by atoms with Gasteiger partial charge in [0.15, 0.2) is 0 Å². The fourth-order valence-corrected chi connectivity index (χ4v) is 1.40. The van der Waals surface area contributed by atoms with Gasteiger partial charge in [-0.15, -0.1) is 0 Å². The van der Waals surface area contributed by atoms with Gasteiger partial charge in [-0.3, -0.25) is 0 Å². The van der Waals surface area contributed by atoms with Crippen LogP contribution in [0.4, 0.5) is 0 Å². The Morgan fingerprint density at radius 1 is 1.50 bits per heavy atom. The lowest BCUT2D eigenvalue weighted by Crippen LogP contribution is -2.09. The second-order valence-corrected chi connectivity index (χ2v) is 3.16. The van der Waals surface area contributed by atoms with Gasteiger partial charge in [0.05, 0.1) is 0 Å². The van der Waals surface area contributed by atoms with Gasteiger partial charge in [-0.25, -0.2) is 0 Å². The molecule has 0 aliphatic rings. The maximum absolute atomic E-state index is 9.31. The number of likely N-dealkylation sites (N-methyl/N-ethyl adjacent to an activating group) is 1. The summed E-state index contributed by atoms with van der Waals surface area (Å²) in [6.07, 6.45) is 0.774. The van der Waals surface area contributed by atoms with Crippen LogP contribution in [0, 0.1) is 0 Å². The molecule has 2 rings (SSSR count). The lowest BCUT2D eigenvalue weighted by atomic mass is 10.2. The molecule has 4 nitrogen and oxygen atoms in total. The van der Waals surface area contributed by atoms with Crippen molar-refractivity contribution in [3.63, 3.8) is 0 Å². The van der Waals surface area contributed by atoms with Crippen molar-refractivity contribution < 1.29 is 9.63 Å². The van der Waals surface area contributed by atoms with Gasteiger partial charge < -0.3 is 14.9 Å². The molecule has 0 aliphatic carbocycles. The molecular formula is C10H12N2O2. The zero-order valence-electron chi connectivity index (χ0n) is 7.95. The van der Waals surface area contributed by atoms with E-state index in [1.54, 1.807) is 18.2 Å². The molecule has 0 spiro atoms. The maximum Gasteiger partial charge on any atom is 0.145 e. The summed E-state index contributed by atoms with van der Waals surface area (Å²) in [5.74, 6) is 1.05. The largest absolute Gasteiger partial charge is 0.508 e. The summed E-state index contributed by atoms with van der Waals surface area (Å²) in [6.45, 7) is 0.833. The van der Waals surface area contributed by atoms with Crippen molar-refractivity contribution in [3.05, 3.63) is 24.0 Å². The Morgan fingerprint density at radius 3 is 3.14 bits per heavy atom. The molecule has 0 aliphatic heterocycles. The van der Waals surface area contributed by atoms with E-state index in [9.17, 15) is 5.11 Å². The Balaban J connectivity index is 2.40. The first-order chi connectivity index (χ1) is 6.81. The average Bonchev–Trinajstić information content (AvgIpc) is 2.57. The lowest BCUT2D eigenvalue weighted by molar-refractivity contribution is 0.390. The topological polar surface area (TPSA) is 58.3 Å². The SMILES string of the molecule is CNCCc1onc2ccc(O)cc12. The standard InChI is InChI=1S/C10H12N2O2/c1-11-5-4-10-8-6-7(13)2-3-9(8)12-14-10/h2-3,6,11,13H,4-5H2,1H3. The van der Waals surface area contributed by atoms with Gasteiger partial charge in [0, 0.05) is 18.4 Å². The van der Waals surface area contributed by atoms with Crippen LogP contribution < -0.4 is 5.32 Å². The van der Waals surface area contributed by atoms with Crippen LogP contribution in [0.15, 0.2) is 22.7 Å². The van der Waals surface area contributed by atoms with Crippen molar-refractivity contribution in [3.8, 4) is 5.75 Å². The number of phenolic OH excluding ortho intramolecular Hbond substituents is 1. The number of fused-ring (bicyclic) bond motifs is 1. The summed E-state index contributed by atoms with van der Waals surface area (Å²) in [6, 6.07) is 5.03. The van der Waals surface area contributed by atoms with Crippen LogP contribution >= 0.6 is 0 Å². The van der Waals surface area contributed by atoms with E-state index < -0.39 is 0 Å². The minimum absolute atomic E-state index is 0.242. The van der Waals surface area contributed by atoms with Crippen LogP contribution in [0.25, 0.3) is 10.9 Å². The molecule has 2 aromatic rings. The second kappa shape index (κ2) is 3.67. The summed E-state index contributed by atoms with van der Waals surface area (Å²) in [4.78, 5) is 0. The monoisotopic (exact) mass is 192 g/mol. The molecule has 0 fully saturated rings. The first-order valence-corrected chi connectivity index (χ1v) is 4.53. The molecule has 1 heterocycles. The Hall–Kier alpha value is -1.55. The number of nitrogens with one attached hydrogen (secondary N) is 1. The molecule has 1 aromatic heterocycles. The third kappa shape index (κ3) is 1.56. The summed E-state index contributed by atoms with van der Waals surface area (Å²) in [7, 11) is 1.88. The highest BCUT2D eigenvalue weighted by Gasteiger charge is 2.07. The number of hydrogen-bond acceptors (Lipinski definition) is 4. The third-order valence-electron chi connectivity index (χ3n) is 2.14. The summed E-state index contributed by atoms with van der Waals surface area (Å²) >= 11 is 0. The molecule has 0 saturated carbocycles. The van der Waals surface area contributed by atoms with E-state index >= 15 is 0 Å². The quantitative estimate of drug-likeness (QED) is 0.769. The first-order valence-electron chi connectivity index (χ1n) is 4.53. The Morgan fingerprint density at radius 2 is 2.36 bits per heavy atom. The van der Waals surface area contributed by atoms with Crippen LogP contribution in [0.2, 0.25) is 0 Å². The van der Waals surface area contributed by atoms with Gasteiger partial charge in [-0.2, -0.15) is 0 Å². The fourth-order valence-electron chi connectivity index (χ4n) is 1.40. The second-order valence-electron chi connectivity index (χ2n) is 3.16. The van der Waals surface area contributed by atoms with Crippen LogP contribution in [0.3, 0.4) is 0 Å². The minimum Gasteiger partial charge on any atom is -0.508 e. The van der Waals surface area contributed by atoms with Crippen molar-refractivity contribution in [2.75, 3.05) is 13.6 Å². The molecule has 0 saturated heterocycles. The third-order valence-corrected chi connectivity index (χ3v) is 2.14. The molecule has 0 radical (unpaired) electrons. The number of hydrogen-bond donors (Lipinski definition) is 2. The van der Waals surface area contributed by atoms with Crippen LogP contribution in [-0.4, -0.2) is 23.9 Å². The summed E-state index contributed by atoms with van der Waals surface area (Å²) in [5.41, 5.74) is 0.786. The zero-order valence-corrected chi connectivity index (χ0v) is 7.95. The fraction of sp³-hybridized carbons (Fsp3) is 0.300. The van der Waals surface area contributed by atoms with E-state index in [1.807, 2.05) is 7.05 Å². The van der Waals surface area contributed by atoms with Gasteiger partial charge >= 0.3 is 0 Å². The first kappa shape index (κ1) is 9.02. The molecule has 0 unspecified atom stereocenters. The minimum atomic E-state index is 0.242. The summed E-state index contributed by atoms with van der Waals surface area (Å²) < 4.78 is 5.17. The predicted molar refractivity (Wildman–Crippen MR) is 53.3 cm³/mol. The Kier molecular flexibility index (Phi) is 2.37. The number of rotatable bonds is 3. The van der Waals surface area contributed by atoms with Gasteiger partial charge in [0.25, 0.3) is 0 Å². The van der Waals surface area contributed by atoms with Crippen molar-refractivity contribution in [1.82, 2.24) is 10.5 Å².